The number of hydrogen-bond donors (Lipinski definition) is 1. The lowest BCUT2D eigenvalue weighted by atomic mass is 9.87. The van der Waals surface area contributed by atoms with Gasteiger partial charge in [0.1, 0.15) is 0 Å². The smallest absolute Gasteiger partial charge is 0.335 e. The minimum Gasteiger partial charge on any atom is -1.00 e. The summed E-state index contributed by atoms with van der Waals surface area (Å²) in [5, 5.41) is 8.97. The normalized spacial score (nSPS) is 11.3. The molecule has 3 aromatic rings. The maximum atomic E-state index is 10.9. The van der Waals surface area contributed by atoms with Gasteiger partial charge in [-0.3, -0.25) is 0 Å². The van der Waals surface area contributed by atoms with Gasteiger partial charge >= 0.3 is 5.97 Å². The number of carbonyl (C=O) groups is 1. The fraction of sp³-hybridized carbons (Fsp3) is 0.200. The van der Waals surface area contributed by atoms with E-state index in [9.17, 15) is 4.79 Å². The fourth-order valence-corrected chi connectivity index (χ4v) is 2.94. The Morgan fingerprint density at radius 3 is 1.86 bits per heavy atom. The number of benzene rings is 2. The Hall–Kier alpha value is -2.91. The van der Waals surface area contributed by atoms with Crippen LogP contribution < -0.4 is 17.0 Å². The minimum absolute atomic E-state index is 0. The van der Waals surface area contributed by atoms with Gasteiger partial charge in [0.25, 0.3) is 0 Å². The van der Waals surface area contributed by atoms with Gasteiger partial charge in [-0.2, -0.15) is 0 Å². The maximum Gasteiger partial charge on any atom is 0.335 e. The van der Waals surface area contributed by atoms with Gasteiger partial charge in [-0.05, 0) is 34.2 Å². The van der Waals surface area contributed by atoms with Gasteiger partial charge in [0.2, 0.25) is 0 Å². The van der Waals surface area contributed by atoms with E-state index in [-0.39, 0.29) is 17.8 Å². The highest BCUT2D eigenvalue weighted by atomic mass is 35.5. The number of carboxylic acid groups (broad SMARTS) is 1. The quantitative estimate of drug-likeness (QED) is 0.659. The van der Waals surface area contributed by atoms with Crippen LogP contribution in [0, 0.1) is 0 Å². The highest BCUT2D eigenvalue weighted by molar-refractivity contribution is 5.87. The Kier molecular flexibility index (Phi) is 7.35. The molecule has 0 saturated heterocycles. The van der Waals surface area contributed by atoms with Crippen LogP contribution in [0.15, 0.2) is 73.1 Å². The Balaban J connectivity index is 0.00000300. The second-order valence-corrected chi connectivity index (χ2v) is 8.01. The molecule has 0 fully saturated rings. The van der Waals surface area contributed by atoms with Crippen LogP contribution in [0.3, 0.4) is 0 Å². The van der Waals surface area contributed by atoms with Crippen LogP contribution in [0.2, 0.25) is 0 Å². The zero-order valence-electron chi connectivity index (χ0n) is 17.0. The second kappa shape index (κ2) is 9.53. The summed E-state index contributed by atoms with van der Waals surface area (Å²) < 4.78 is 2.07. The third kappa shape index (κ3) is 6.30. The van der Waals surface area contributed by atoms with E-state index in [0.29, 0.717) is 12.1 Å². The Labute approximate surface area is 178 Å². The summed E-state index contributed by atoms with van der Waals surface area (Å²) >= 11 is 0. The number of aromatic carboxylic acids is 1. The summed E-state index contributed by atoms with van der Waals surface area (Å²) in [7, 11) is 0. The summed E-state index contributed by atoms with van der Waals surface area (Å²) in [5.41, 5.74) is 5.20. The van der Waals surface area contributed by atoms with Gasteiger partial charge in [-0.1, -0.05) is 69.3 Å². The molecular weight excluding hydrogens is 382 g/mol. The van der Waals surface area contributed by atoms with Crippen molar-refractivity contribution < 1.29 is 26.9 Å². The van der Waals surface area contributed by atoms with Crippen molar-refractivity contribution in [1.82, 2.24) is 0 Å². The Bertz CT molecular complexity index is 967. The van der Waals surface area contributed by atoms with Crippen LogP contribution in [0.4, 0.5) is 0 Å². The molecule has 0 bridgehead atoms. The van der Waals surface area contributed by atoms with Crippen molar-refractivity contribution in [3.63, 3.8) is 0 Å². The van der Waals surface area contributed by atoms with E-state index in [4.69, 9.17) is 5.11 Å². The van der Waals surface area contributed by atoms with E-state index in [1.165, 1.54) is 11.1 Å². The third-order valence-corrected chi connectivity index (χ3v) is 4.73. The molecule has 0 atom stereocenters. The number of halogens is 1. The van der Waals surface area contributed by atoms with Crippen molar-refractivity contribution >= 4 is 18.1 Å². The highest BCUT2D eigenvalue weighted by Crippen LogP contribution is 2.22. The molecular formula is C25H26ClNO2. The topological polar surface area (TPSA) is 41.2 Å². The number of pyridine rings is 1. The molecule has 4 heteroatoms. The number of carboxylic acids is 1. The second-order valence-electron chi connectivity index (χ2n) is 8.01. The van der Waals surface area contributed by atoms with Crippen LogP contribution in [0.5, 0.6) is 0 Å². The first-order valence-electron chi connectivity index (χ1n) is 9.41. The molecule has 1 heterocycles. The Morgan fingerprint density at radius 2 is 1.38 bits per heavy atom. The van der Waals surface area contributed by atoms with Crippen molar-refractivity contribution in [3.8, 4) is 0 Å². The molecule has 0 aliphatic rings. The SMILES string of the molecule is CC(C)(C)c1ccc(/C=C\c2cc[n+](Cc3ccc(C(=O)O)cc3)cc2)cc1.[Cl-]. The van der Waals surface area contributed by atoms with Gasteiger partial charge in [-0.15, -0.1) is 0 Å². The van der Waals surface area contributed by atoms with Crippen molar-refractivity contribution in [2.24, 2.45) is 0 Å². The zero-order chi connectivity index (χ0) is 20.1. The van der Waals surface area contributed by atoms with E-state index in [1.54, 1.807) is 12.1 Å². The molecule has 3 nitrogen and oxygen atoms in total. The largest absolute Gasteiger partial charge is 1.00 e. The minimum atomic E-state index is -0.900. The van der Waals surface area contributed by atoms with E-state index >= 15 is 0 Å². The first-order valence-corrected chi connectivity index (χ1v) is 9.41. The molecule has 0 aliphatic carbocycles. The first-order chi connectivity index (χ1) is 13.3. The number of rotatable bonds is 5. The average molecular weight is 408 g/mol. The summed E-state index contributed by atoms with van der Waals surface area (Å²) in [5.74, 6) is -0.900. The third-order valence-electron chi connectivity index (χ3n) is 4.73. The predicted molar refractivity (Wildman–Crippen MR) is 113 cm³/mol. The van der Waals surface area contributed by atoms with Crippen molar-refractivity contribution in [3.05, 3.63) is 101 Å². The lowest BCUT2D eigenvalue weighted by molar-refractivity contribution is -0.688. The zero-order valence-corrected chi connectivity index (χ0v) is 17.7. The monoisotopic (exact) mass is 407 g/mol. The van der Waals surface area contributed by atoms with E-state index in [2.05, 4.69) is 73.9 Å². The van der Waals surface area contributed by atoms with Crippen LogP contribution >= 0.6 is 0 Å². The van der Waals surface area contributed by atoms with Crippen LogP contribution in [-0.2, 0) is 12.0 Å². The van der Waals surface area contributed by atoms with E-state index < -0.39 is 5.97 Å². The molecule has 0 aliphatic heterocycles. The maximum absolute atomic E-state index is 10.9. The molecule has 0 saturated carbocycles. The van der Waals surface area contributed by atoms with Crippen molar-refractivity contribution in [1.29, 1.82) is 0 Å². The fourth-order valence-electron chi connectivity index (χ4n) is 2.94. The standard InChI is InChI=1S/C25H25NO2.ClH/c1-25(2,3)23-12-8-19(9-13-23)4-5-20-14-16-26(17-15-20)18-21-6-10-22(11-7-21)24(27)28;/h4-17H,18H2,1-3H3;1H/b5-4-;. The molecule has 1 N–H and O–H groups in total. The lowest BCUT2D eigenvalue weighted by Gasteiger charge is -2.18. The molecule has 150 valence electrons. The molecule has 0 radical (unpaired) electrons. The van der Waals surface area contributed by atoms with Crippen LogP contribution in [0.1, 0.15) is 53.4 Å². The molecule has 3 rings (SSSR count). The summed E-state index contributed by atoms with van der Waals surface area (Å²) in [6, 6.07) is 19.8. The summed E-state index contributed by atoms with van der Waals surface area (Å²) in [6.07, 6.45) is 8.30. The molecule has 0 spiro atoms. The molecule has 0 unspecified atom stereocenters. The molecule has 2 aromatic carbocycles. The van der Waals surface area contributed by atoms with Crippen LogP contribution in [0.25, 0.3) is 12.2 Å². The Morgan fingerprint density at radius 1 is 0.862 bits per heavy atom. The molecule has 29 heavy (non-hydrogen) atoms. The number of aromatic nitrogens is 1. The van der Waals surface area contributed by atoms with E-state index in [1.807, 2.05) is 24.5 Å². The lowest BCUT2D eigenvalue weighted by Crippen LogP contribution is -3.00. The van der Waals surface area contributed by atoms with E-state index in [0.717, 1.165) is 11.1 Å². The van der Waals surface area contributed by atoms with Crippen molar-refractivity contribution in [2.45, 2.75) is 32.7 Å². The van der Waals surface area contributed by atoms with Gasteiger partial charge in [-0.25, -0.2) is 9.36 Å². The molecule has 1 aromatic heterocycles. The van der Waals surface area contributed by atoms with Crippen molar-refractivity contribution in [2.75, 3.05) is 0 Å². The van der Waals surface area contributed by atoms with Gasteiger partial charge in [0.05, 0.1) is 5.56 Å². The predicted octanol–water partition coefficient (Wildman–Crippen LogP) is 2.19. The van der Waals surface area contributed by atoms with Gasteiger partial charge < -0.3 is 17.5 Å². The van der Waals surface area contributed by atoms with Gasteiger partial charge in [0.15, 0.2) is 18.9 Å². The molecule has 0 amide bonds. The first kappa shape index (κ1) is 22.4. The highest BCUT2D eigenvalue weighted by Gasteiger charge is 2.12. The number of nitrogens with zero attached hydrogens (tertiary/aromatic N) is 1. The van der Waals surface area contributed by atoms with Crippen LogP contribution in [-0.4, -0.2) is 11.1 Å². The summed E-state index contributed by atoms with van der Waals surface area (Å²) in [6.45, 7) is 7.37. The average Bonchev–Trinajstić information content (AvgIpc) is 2.67. The summed E-state index contributed by atoms with van der Waals surface area (Å²) in [4.78, 5) is 10.9. The van der Waals surface area contributed by atoms with Gasteiger partial charge in [0, 0.05) is 17.7 Å². The number of hydrogen-bond acceptors (Lipinski definition) is 1.